The summed E-state index contributed by atoms with van der Waals surface area (Å²) in [6.07, 6.45) is 3.34. The Labute approximate surface area is 129 Å². The first-order valence-corrected chi connectivity index (χ1v) is 7.03. The van der Waals surface area contributed by atoms with Crippen LogP contribution in [0, 0.1) is 19.7 Å². The molecule has 5 heteroatoms. The SMILES string of the molecule is CN[C@@H](CC(=O)O)c1cncc(-c2c(C)cc(F)cc2C)c1. The molecular weight excluding hydrogens is 283 g/mol. The largest absolute Gasteiger partial charge is 0.481 e. The third-order valence-electron chi connectivity index (χ3n) is 3.68. The van der Waals surface area contributed by atoms with Gasteiger partial charge in [-0.3, -0.25) is 9.78 Å². The molecule has 2 aromatic rings. The Balaban J connectivity index is 2.46. The third kappa shape index (κ3) is 3.49. The fourth-order valence-electron chi connectivity index (χ4n) is 2.71. The Hall–Kier alpha value is -2.27. The van der Waals surface area contributed by atoms with Gasteiger partial charge in [0.1, 0.15) is 5.82 Å². The van der Waals surface area contributed by atoms with E-state index in [-0.39, 0.29) is 18.3 Å². The predicted octanol–water partition coefficient (Wildman–Crippen LogP) is 3.24. The van der Waals surface area contributed by atoms with Crippen molar-refractivity contribution in [3.63, 3.8) is 0 Å². The number of pyridine rings is 1. The molecule has 0 saturated heterocycles. The van der Waals surface area contributed by atoms with E-state index in [0.717, 1.165) is 27.8 Å². The molecule has 0 bridgehead atoms. The zero-order valence-electron chi connectivity index (χ0n) is 12.9. The fraction of sp³-hybridized carbons (Fsp3) is 0.294. The topological polar surface area (TPSA) is 62.2 Å². The lowest BCUT2D eigenvalue weighted by Crippen LogP contribution is -2.20. The highest BCUT2D eigenvalue weighted by Gasteiger charge is 2.16. The van der Waals surface area contributed by atoms with Crippen molar-refractivity contribution in [2.45, 2.75) is 26.3 Å². The molecule has 116 valence electrons. The van der Waals surface area contributed by atoms with Gasteiger partial charge in [0.05, 0.1) is 6.42 Å². The van der Waals surface area contributed by atoms with Crippen LogP contribution in [0.2, 0.25) is 0 Å². The summed E-state index contributed by atoms with van der Waals surface area (Å²) >= 11 is 0. The average molecular weight is 302 g/mol. The smallest absolute Gasteiger partial charge is 0.305 e. The quantitative estimate of drug-likeness (QED) is 0.890. The van der Waals surface area contributed by atoms with Crippen molar-refractivity contribution in [2.24, 2.45) is 0 Å². The van der Waals surface area contributed by atoms with Crippen LogP contribution in [0.25, 0.3) is 11.1 Å². The lowest BCUT2D eigenvalue weighted by atomic mass is 9.94. The van der Waals surface area contributed by atoms with Crippen LogP contribution in [0.3, 0.4) is 0 Å². The highest BCUT2D eigenvalue weighted by Crippen LogP contribution is 2.29. The summed E-state index contributed by atoms with van der Waals surface area (Å²) in [6.45, 7) is 3.70. The number of aryl methyl sites for hydroxylation is 2. The van der Waals surface area contributed by atoms with E-state index in [1.54, 1.807) is 19.4 Å². The standard InChI is InChI=1S/C17H19FN2O2/c1-10-4-14(18)5-11(2)17(10)13-6-12(8-20-9-13)15(19-3)7-16(21)22/h4-6,8-9,15,19H,7H2,1-3H3,(H,21,22)/t15-/m0/s1. The summed E-state index contributed by atoms with van der Waals surface area (Å²) in [6, 6.07) is 4.57. The number of aliphatic carboxylic acids is 1. The second kappa shape index (κ2) is 6.66. The van der Waals surface area contributed by atoms with E-state index < -0.39 is 5.97 Å². The van der Waals surface area contributed by atoms with Crippen molar-refractivity contribution >= 4 is 5.97 Å². The Bertz CT molecular complexity index is 678. The van der Waals surface area contributed by atoms with Gasteiger partial charge in [0.2, 0.25) is 0 Å². The first-order valence-electron chi connectivity index (χ1n) is 7.03. The van der Waals surface area contributed by atoms with E-state index in [0.29, 0.717) is 0 Å². The number of carbonyl (C=O) groups is 1. The van der Waals surface area contributed by atoms with Crippen LogP contribution in [-0.2, 0) is 4.79 Å². The van der Waals surface area contributed by atoms with Crippen LogP contribution >= 0.6 is 0 Å². The van der Waals surface area contributed by atoms with E-state index >= 15 is 0 Å². The number of aromatic nitrogens is 1. The molecule has 22 heavy (non-hydrogen) atoms. The van der Waals surface area contributed by atoms with Crippen molar-refractivity contribution in [3.05, 3.63) is 53.1 Å². The first-order chi connectivity index (χ1) is 10.4. The predicted molar refractivity (Wildman–Crippen MR) is 83.2 cm³/mol. The first kappa shape index (κ1) is 16.1. The molecule has 1 aromatic carbocycles. The maximum Gasteiger partial charge on any atom is 0.305 e. The summed E-state index contributed by atoms with van der Waals surface area (Å²) in [7, 11) is 1.72. The highest BCUT2D eigenvalue weighted by atomic mass is 19.1. The van der Waals surface area contributed by atoms with Crippen molar-refractivity contribution in [1.29, 1.82) is 0 Å². The zero-order valence-corrected chi connectivity index (χ0v) is 12.9. The minimum Gasteiger partial charge on any atom is -0.481 e. The van der Waals surface area contributed by atoms with E-state index in [2.05, 4.69) is 10.3 Å². The Morgan fingerprint density at radius 3 is 2.45 bits per heavy atom. The number of rotatable bonds is 5. The maximum atomic E-state index is 13.4. The molecule has 0 aliphatic rings. The second-order valence-electron chi connectivity index (χ2n) is 5.36. The summed E-state index contributed by atoms with van der Waals surface area (Å²) < 4.78 is 13.4. The van der Waals surface area contributed by atoms with Crippen LogP contribution in [-0.4, -0.2) is 23.1 Å². The van der Waals surface area contributed by atoms with E-state index in [4.69, 9.17) is 5.11 Å². The van der Waals surface area contributed by atoms with Crippen LogP contribution in [0.15, 0.2) is 30.6 Å². The molecule has 0 aliphatic carbocycles. The van der Waals surface area contributed by atoms with Crippen LogP contribution in [0.1, 0.15) is 29.2 Å². The molecule has 2 rings (SSSR count). The molecule has 0 spiro atoms. The number of hydrogen-bond acceptors (Lipinski definition) is 3. The molecule has 0 unspecified atom stereocenters. The van der Waals surface area contributed by atoms with Gasteiger partial charge >= 0.3 is 5.97 Å². The molecule has 1 heterocycles. The average Bonchev–Trinajstić information content (AvgIpc) is 2.43. The van der Waals surface area contributed by atoms with Gasteiger partial charge in [-0.25, -0.2) is 4.39 Å². The number of carboxylic acid groups (broad SMARTS) is 1. The molecule has 0 saturated carbocycles. The van der Waals surface area contributed by atoms with Gasteiger partial charge in [0.15, 0.2) is 0 Å². The Morgan fingerprint density at radius 1 is 1.27 bits per heavy atom. The molecule has 2 N–H and O–H groups in total. The maximum absolute atomic E-state index is 13.4. The molecular formula is C17H19FN2O2. The molecule has 4 nitrogen and oxygen atoms in total. The molecule has 0 amide bonds. The molecule has 0 aliphatic heterocycles. The molecule has 0 radical (unpaired) electrons. The summed E-state index contributed by atoms with van der Waals surface area (Å²) in [5.74, 6) is -1.14. The lowest BCUT2D eigenvalue weighted by Gasteiger charge is -2.16. The lowest BCUT2D eigenvalue weighted by molar-refractivity contribution is -0.137. The number of hydrogen-bond donors (Lipinski definition) is 2. The Morgan fingerprint density at radius 2 is 1.91 bits per heavy atom. The van der Waals surface area contributed by atoms with Gasteiger partial charge in [-0.1, -0.05) is 0 Å². The summed E-state index contributed by atoms with van der Waals surface area (Å²) in [5.41, 5.74) is 4.25. The van der Waals surface area contributed by atoms with Gasteiger partial charge in [-0.2, -0.15) is 0 Å². The van der Waals surface area contributed by atoms with Crippen molar-refractivity contribution in [2.75, 3.05) is 7.05 Å². The number of nitrogens with one attached hydrogen (secondary N) is 1. The highest BCUT2D eigenvalue weighted by molar-refractivity contribution is 5.71. The van der Waals surface area contributed by atoms with Gasteiger partial charge < -0.3 is 10.4 Å². The van der Waals surface area contributed by atoms with Crippen molar-refractivity contribution in [1.82, 2.24) is 10.3 Å². The number of nitrogens with zero attached hydrogens (tertiary/aromatic N) is 1. The zero-order chi connectivity index (χ0) is 16.3. The minimum atomic E-state index is -0.876. The fourth-order valence-corrected chi connectivity index (χ4v) is 2.71. The van der Waals surface area contributed by atoms with Gasteiger partial charge in [-0.05, 0) is 61.3 Å². The monoisotopic (exact) mass is 302 g/mol. The molecule has 1 atom stereocenters. The minimum absolute atomic E-state index is 0.0248. The molecule has 0 fully saturated rings. The summed E-state index contributed by atoms with van der Waals surface area (Å²) in [5, 5.41) is 12.0. The Kier molecular flexibility index (Phi) is 4.88. The van der Waals surface area contributed by atoms with Gasteiger partial charge in [-0.15, -0.1) is 0 Å². The normalized spacial score (nSPS) is 12.2. The van der Waals surface area contributed by atoms with Gasteiger partial charge in [0.25, 0.3) is 0 Å². The second-order valence-corrected chi connectivity index (χ2v) is 5.36. The van der Waals surface area contributed by atoms with E-state index in [1.165, 1.54) is 12.1 Å². The number of halogens is 1. The van der Waals surface area contributed by atoms with Crippen LogP contribution in [0.4, 0.5) is 4.39 Å². The van der Waals surface area contributed by atoms with Gasteiger partial charge in [0, 0.05) is 24.0 Å². The van der Waals surface area contributed by atoms with Crippen LogP contribution in [0.5, 0.6) is 0 Å². The number of carboxylic acids is 1. The van der Waals surface area contributed by atoms with Crippen molar-refractivity contribution < 1.29 is 14.3 Å². The number of benzene rings is 1. The van der Waals surface area contributed by atoms with Crippen LogP contribution < -0.4 is 5.32 Å². The summed E-state index contributed by atoms with van der Waals surface area (Å²) in [4.78, 5) is 15.2. The third-order valence-corrected chi connectivity index (χ3v) is 3.68. The molecule has 1 aromatic heterocycles. The van der Waals surface area contributed by atoms with Crippen molar-refractivity contribution in [3.8, 4) is 11.1 Å². The van der Waals surface area contributed by atoms with E-state index in [1.807, 2.05) is 19.9 Å². The van der Waals surface area contributed by atoms with E-state index in [9.17, 15) is 9.18 Å².